The van der Waals surface area contributed by atoms with Gasteiger partial charge in [0, 0.05) is 17.4 Å². The summed E-state index contributed by atoms with van der Waals surface area (Å²) >= 11 is 0. The molecule has 1 heterocycles. The summed E-state index contributed by atoms with van der Waals surface area (Å²) in [6, 6.07) is 20.6. The van der Waals surface area contributed by atoms with Gasteiger partial charge in [-0.3, -0.25) is 0 Å². The maximum Gasteiger partial charge on any atom is 0.339 e. The zero-order valence-electron chi connectivity index (χ0n) is 12.3. The van der Waals surface area contributed by atoms with Crippen LogP contribution in [0.25, 0.3) is 21.7 Å². The predicted molar refractivity (Wildman–Crippen MR) is 90.9 cm³/mol. The van der Waals surface area contributed by atoms with Crippen LogP contribution in [0.4, 0.5) is 0 Å². The zero-order valence-corrected chi connectivity index (χ0v) is 12.3. The Morgan fingerprint density at radius 1 is 0.870 bits per heavy atom. The number of hydrogen-bond donors (Lipinski definition) is 1. The van der Waals surface area contributed by atoms with Crippen molar-refractivity contribution in [2.24, 2.45) is 0 Å². The van der Waals surface area contributed by atoms with E-state index in [1.807, 2.05) is 54.6 Å². The molecule has 0 aliphatic carbocycles. The highest BCUT2D eigenvalue weighted by Crippen LogP contribution is 2.25. The van der Waals surface area contributed by atoms with Crippen LogP contribution in [0.5, 0.6) is 5.75 Å². The number of benzene rings is 3. The van der Waals surface area contributed by atoms with Crippen LogP contribution in [0, 0.1) is 0 Å². The number of phenols is 1. The standard InChI is InChI=1S/C20H14O3/c21-16-8-5-13(6-9-16)11-15-12-18-17-4-2-1-3-14(17)7-10-19(18)23-20(15)22/h1-10,12,21H,11H2. The van der Waals surface area contributed by atoms with E-state index in [-0.39, 0.29) is 11.4 Å². The Morgan fingerprint density at radius 3 is 2.48 bits per heavy atom. The maximum atomic E-state index is 12.2. The van der Waals surface area contributed by atoms with Gasteiger partial charge in [0.25, 0.3) is 0 Å². The van der Waals surface area contributed by atoms with Crippen molar-refractivity contribution < 1.29 is 9.52 Å². The minimum absolute atomic E-state index is 0.213. The van der Waals surface area contributed by atoms with E-state index < -0.39 is 0 Å². The van der Waals surface area contributed by atoms with Crippen molar-refractivity contribution in [3.63, 3.8) is 0 Å². The fourth-order valence-electron chi connectivity index (χ4n) is 2.87. The SMILES string of the molecule is O=c1oc2ccc3ccccc3c2cc1Cc1ccc(O)cc1. The van der Waals surface area contributed by atoms with Gasteiger partial charge in [-0.15, -0.1) is 0 Å². The maximum absolute atomic E-state index is 12.2. The van der Waals surface area contributed by atoms with Crippen molar-refractivity contribution in [1.82, 2.24) is 0 Å². The van der Waals surface area contributed by atoms with Gasteiger partial charge in [0.05, 0.1) is 0 Å². The van der Waals surface area contributed by atoms with E-state index in [0.29, 0.717) is 17.6 Å². The van der Waals surface area contributed by atoms with Gasteiger partial charge in [-0.25, -0.2) is 4.79 Å². The molecule has 4 aromatic rings. The molecule has 3 aromatic carbocycles. The van der Waals surface area contributed by atoms with Crippen molar-refractivity contribution >= 4 is 21.7 Å². The topological polar surface area (TPSA) is 50.4 Å². The quantitative estimate of drug-likeness (QED) is 0.445. The van der Waals surface area contributed by atoms with E-state index in [2.05, 4.69) is 0 Å². The molecule has 0 bridgehead atoms. The summed E-state index contributed by atoms with van der Waals surface area (Å²) in [5.74, 6) is 0.213. The number of phenolic OH excluding ortho intramolecular Hbond substituents is 1. The summed E-state index contributed by atoms with van der Waals surface area (Å²) in [4.78, 5) is 12.2. The van der Waals surface area contributed by atoms with Crippen LogP contribution in [0.1, 0.15) is 11.1 Å². The summed E-state index contributed by atoms with van der Waals surface area (Å²) in [5.41, 5.74) is 1.85. The Balaban J connectivity index is 1.89. The minimum Gasteiger partial charge on any atom is -0.508 e. The van der Waals surface area contributed by atoms with E-state index >= 15 is 0 Å². The summed E-state index contributed by atoms with van der Waals surface area (Å²) in [7, 11) is 0. The lowest BCUT2D eigenvalue weighted by atomic mass is 10.0. The van der Waals surface area contributed by atoms with E-state index in [0.717, 1.165) is 21.7 Å². The van der Waals surface area contributed by atoms with Crippen LogP contribution in [0.3, 0.4) is 0 Å². The Hall–Kier alpha value is -3.07. The highest BCUT2D eigenvalue weighted by Gasteiger charge is 2.09. The average Bonchev–Trinajstić information content (AvgIpc) is 2.57. The van der Waals surface area contributed by atoms with Crippen molar-refractivity contribution in [2.45, 2.75) is 6.42 Å². The van der Waals surface area contributed by atoms with Gasteiger partial charge in [0.15, 0.2) is 0 Å². The van der Waals surface area contributed by atoms with Gasteiger partial charge in [-0.1, -0.05) is 42.5 Å². The molecule has 0 aliphatic heterocycles. The molecule has 3 nitrogen and oxygen atoms in total. The molecule has 0 amide bonds. The normalized spacial score (nSPS) is 11.1. The van der Waals surface area contributed by atoms with Crippen LogP contribution in [0.2, 0.25) is 0 Å². The second kappa shape index (κ2) is 5.29. The molecule has 0 unspecified atom stereocenters. The molecule has 0 radical (unpaired) electrons. The van der Waals surface area contributed by atoms with Crippen LogP contribution < -0.4 is 5.63 Å². The number of hydrogen-bond acceptors (Lipinski definition) is 3. The summed E-state index contributed by atoms with van der Waals surface area (Å²) in [6.07, 6.45) is 0.474. The molecule has 0 fully saturated rings. The third kappa shape index (κ3) is 2.46. The van der Waals surface area contributed by atoms with Crippen molar-refractivity contribution in [1.29, 1.82) is 0 Å². The van der Waals surface area contributed by atoms with Crippen LogP contribution in [0.15, 0.2) is 75.9 Å². The molecule has 0 aliphatic rings. The highest BCUT2D eigenvalue weighted by atomic mass is 16.4. The third-order valence-corrected chi connectivity index (χ3v) is 4.05. The fraction of sp³-hybridized carbons (Fsp3) is 0.0500. The molecule has 0 saturated heterocycles. The Morgan fingerprint density at radius 2 is 1.65 bits per heavy atom. The molecular weight excluding hydrogens is 288 g/mol. The Labute approximate surface area is 132 Å². The number of rotatable bonds is 2. The van der Waals surface area contributed by atoms with Gasteiger partial charge in [0.1, 0.15) is 11.3 Å². The van der Waals surface area contributed by atoms with Gasteiger partial charge < -0.3 is 9.52 Å². The lowest BCUT2D eigenvalue weighted by molar-refractivity contribution is 0.475. The molecule has 1 N–H and O–H groups in total. The first kappa shape index (κ1) is 13.6. The second-order valence-electron chi connectivity index (χ2n) is 5.60. The van der Waals surface area contributed by atoms with Gasteiger partial charge >= 0.3 is 5.63 Å². The number of aromatic hydroxyl groups is 1. The van der Waals surface area contributed by atoms with Gasteiger partial charge in [-0.2, -0.15) is 0 Å². The molecule has 0 atom stereocenters. The van der Waals surface area contributed by atoms with Crippen molar-refractivity contribution in [3.8, 4) is 5.75 Å². The molecule has 0 spiro atoms. The van der Waals surface area contributed by atoms with Gasteiger partial charge in [0.2, 0.25) is 0 Å². The van der Waals surface area contributed by atoms with Crippen LogP contribution in [-0.4, -0.2) is 5.11 Å². The van der Waals surface area contributed by atoms with Crippen molar-refractivity contribution in [2.75, 3.05) is 0 Å². The van der Waals surface area contributed by atoms with E-state index in [1.54, 1.807) is 12.1 Å². The molecule has 1 aromatic heterocycles. The second-order valence-corrected chi connectivity index (χ2v) is 5.60. The Bertz CT molecular complexity index is 1060. The predicted octanol–water partition coefficient (Wildman–Crippen LogP) is 4.24. The molecule has 112 valence electrons. The average molecular weight is 302 g/mol. The van der Waals surface area contributed by atoms with E-state index in [9.17, 15) is 9.90 Å². The van der Waals surface area contributed by atoms with E-state index in [4.69, 9.17) is 4.42 Å². The summed E-state index contributed by atoms with van der Waals surface area (Å²) in [6.45, 7) is 0. The first-order chi connectivity index (χ1) is 11.2. The van der Waals surface area contributed by atoms with Crippen LogP contribution in [-0.2, 0) is 6.42 Å². The van der Waals surface area contributed by atoms with Crippen molar-refractivity contribution in [3.05, 3.63) is 88.3 Å². The monoisotopic (exact) mass is 302 g/mol. The first-order valence-corrected chi connectivity index (χ1v) is 7.43. The Kier molecular flexibility index (Phi) is 3.12. The molecule has 23 heavy (non-hydrogen) atoms. The zero-order chi connectivity index (χ0) is 15.8. The van der Waals surface area contributed by atoms with E-state index in [1.165, 1.54) is 0 Å². The summed E-state index contributed by atoms with van der Waals surface area (Å²) < 4.78 is 5.49. The highest BCUT2D eigenvalue weighted by molar-refractivity contribution is 6.05. The summed E-state index contributed by atoms with van der Waals surface area (Å²) in [5, 5.41) is 12.5. The minimum atomic E-state index is -0.319. The first-order valence-electron chi connectivity index (χ1n) is 7.43. The molecular formula is C20H14O3. The fourth-order valence-corrected chi connectivity index (χ4v) is 2.87. The smallest absolute Gasteiger partial charge is 0.339 e. The lowest BCUT2D eigenvalue weighted by Gasteiger charge is -2.06. The van der Waals surface area contributed by atoms with Crippen LogP contribution >= 0.6 is 0 Å². The molecule has 3 heteroatoms. The van der Waals surface area contributed by atoms with Gasteiger partial charge in [-0.05, 0) is 40.6 Å². The largest absolute Gasteiger partial charge is 0.508 e. The lowest BCUT2D eigenvalue weighted by Crippen LogP contribution is -2.07. The number of fused-ring (bicyclic) bond motifs is 3. The third-order valence-electron chi connectivity index (χ3n) is 4.05. The molecule has 4 rings (SSSR count). The molecule has 0 saturated carbocycles.